The summed E-state index contributed by atoms with van der Waals surface area (Å²) in [5.74, 6) is 0.189. The van der Waals surface area contributed by atoms with E-state index < -0.39 is 9.84 Å². The first-order valence-corrected chi connectivity index (χ1v) is 8.16. The third-order valence-electron chi connectivity index (χ3n) is 2.45. The highest BCUT2D eigenvalue weighted by atomic mass is 79.9. The summed E-state index contributed by atoms with van der Waals surface area (Å²) < 4.78 is 23.8. The van der Waals surface area contributed by atoms with E-state index >= 15 is 0 Å². The van der Waals surface area contributed by atoms with E-state index in [0.29, 0.717) is 11.3 Å². The Morgan fingerprint density at radius 2 is 2.17 bits per heavy atom. The number of nitriles is 1. The van der Waals surface area contributed by atoms with E-state index in [1.165, 1.54) is 0 Å². The van der Waals surface area contributed by atoms with Gasteiger partial charge in [-0.1, -0.05) is 22.9 Å². The minimum Gasteiger partial charge on any atom is -0.380 e. The minimum atomic E-state index is -3.02. The molecule has 98 valence electrons. The van der Waals surface area contributed by atoms with Crippen molar-refractivity contribution in [3.63, 3.8) is 0 Å². The number of nitrogens with zero attached hydrogens (tertiary/aromatic N) is 1. The van der Waals surface area contributed by atoms with Crippen molar-refractivity contribution in [2.24, 2.45) is 0 Å². The fraction of sp³-hybridized carbons (Fsp3) is 0.417. The van der Waals surface area contributed by atoms with E-state index in [-0.39, 0.29) is 17.5 Å². The van der Waals surface area contributed by atoms with E-state index in [1.807, 2.05) is 6.07 Å². The van der Waals surface area contributed by atoms with Gasteiger partial charge in [0.2, 0.25) is 0 Å². The standard InChI is InChI=1S/C12H15BrN2O2S/c1-3-18(16,17)8-9(2)15-12-5-4-11(13)6-10(12)7-14/h4-6,9,15H,3,8H2,1-2H3. The molecule has 1 unspecified atom stereocenters. The van der Waals surface area contributed by atoms with Gasteiger partial charge in [-0.3, -0.25) is 0 Å². The Labute approximate surface area is 116 Å². The van der Waals surface area contributed by atoms with Crippen LogP contribution in [-0.2, 0) is 9.84 Å². The van der Waals surface area contributed by atoms with Crippen molar-refractivity contribution >= 4 is 31.5 Å². The molecule has 0 radical (unpaired) electrons. The van der Waals surface area contributed by atoms with Crippen LogP contribution in [0.2, 0.25) is 0 Å². The van der Waals surface area contributed by atoms with E-state index in [0.717, 1.165) is 4.47 Å². The van der Waals surface area contributed by atoms with Gasteiger partial charge in [-0.25, -0.2) is 8.42 Å². The van der Waals surface area contributed by atoms with Crippen LogP contribution in [0, 0.1) is 11.3 Å². The smallest absolute Gasteiger partial charge is 0.152 e. The molecule has 0 spiro atoms. The van der Waals surface area contributed by atoms with E-state index in [9.17, 15) is 8.42 Å². The summed E-state index contributed by atoms with van der Waals surface area (Å²) in [6, 6.07) is 7.11. The van der Waals surface area contributed by atoms with E-state index in [4.69, 9.17) is 5.26 Å². The molecule has 0 saturated heterocycles. The molecule has 6 heteroatoms. The van der Waals surface area contributed by atoms with Crippen LogP contribution in [0.1, 0.15) is 19.4 Å². The van der Waals surface area contributed by atoms with Crippen LogP contribution in [0.4, 0.5) is 5.69 Å². The monoisotopic (exact) mass is 330 g/mol. The summed E-state index contributed by atoms with van der Waals surface area (Å²) >= 11 is 3.29. The average Bonchev–Trinajstić information content (AvgIpc) is 2.30. The first-order chi connectivity index (χ1) is 8.38. The van der Waals surface area contributed by atoms with Gasteiger partial charge in [0.25, 0.3) is 0 Å². The molecule has 1 N–H and O–H groups in total. The number of sulfone groups is 1. The van der Waals surface area contributed by atoms with Crippen LogP contribution in [0.15, 0.2) is 22.7 Å². The van der Waals surface area contributed by atoms with Gasteiger partial charge in [-0.2, -0.15) is 5.26 Å². The zero-order valence-electron chi connectivity index (χ0n) is 10.3. The highest BCUT2D eigenvalue weighted by Gasteiger charge is 2.14. The van der Waals surface area contributed by atoms with Gasteiger partial charge in [0.15, 0.2) is 9.84 Å². The third-order valence-corrected chi connectivity index (χ3v) is 4.83. The van der Waals surface area contributed by atoms with Gasteiger partial charge in [0.05, 0.1) is 17.0 Å². The number of anilines is 1. The second-order valence-corrected chi connectivity index (χ2v) is 7.36. The van der Waals surface area contributed by atoms with Gasteiger partial charge >= 0.3 is 0 Å². The fourth-order valence-electron chi connectivity index (χ4n) is 1.54. The first kappa shape index (κ1) is 15.0. The largest absolute Gasteiger partial charge is 0.380 e. The van der Waals surface area contributed by atoms with Crippen LogP contribution in [0.3, 0.4) is 0 Å². The van der Waals surface area contributed by atoms with Gasteiger partial charge in [0, 0.05) is 16.3 Å². The highest BCUT2D eigenvalue weighted by molar-refractivity contribution is 9.10. The minimum absolute atomic E-state index is 0.0600. The van der Waals surface area contributed by atoms with Crippen molar-refractivity contribution in [1.29, 1.82) is 5.26 Å². The zero-order chi connectivity index (χ0) is 13.8. The molecule has 0 bridgehead atoms. The molecule has 0 aliphatic rings. The van der Waals surface area contributed by atoms with Crippen molar-refractivity contribution in [2.75, 3.05) is 16.8 Å². The third kappa shape index (κ3) is 4.31. The molecule has 0 heterocycles. The maximum atomic E-state index is 11.5. The quantitative estimate of drug-likeness (QED) is 0.900. The molecule has 0 amide bonds. The summed E-state index contributed by atoms with van der Waals surface area (Å²) in [5.41, 5.74) is 1.14. The maximum absolute atomic E-state index is 11.5. The molecule has 1 aromatic rings. The maximum Gasteiger partial charge on any atom is 0.152 e. The first-order valence-electron chi connectivity index (χ1n) is 5.54. The second-order valence-electron chi connectivity index (χ2n) is 4.05. The van der Waals surface area contributed by atoms with Crippen LogP contribution < -0.4 is 5.32 Å². The normalized spacial score (nSPS) is 12.8. The summed E-state index contributed by atoms with van der Waals surface area (Å²) in [5, 5.41) is 12.1. The zero-order valence-corrected chi connectivity index (χ0v) is 12.7. The van der Waals surface area contributed by atoms with Crippen LogP contribution in [-0.4, -0.2) is 26.0 Å². The molecule has 1 atom stereocenters. The predicted octanol–water partition coefficient (Wildman–Crippen LogP) is 2.56. The number of benzene rings is 1. The summed E-state index contributed by atoms with van der Waals surface area (Å²) in [4.78, 5) is 0. The Balaban J connectivity index is 2.83. The molecule has 4 nitrogen and oxygen atoms in total. The van der Waals surface area contributed by atoms with Crippen LogP contribution in [0.25, 0.3) is 0 Å². The molecule has 1 rings (SSSR count). The Hall–Kier alpha value is -1.06. The van der Waals surface area contributed by atoms with E-state index in [1.54, 1.807) is 26.0 Å². The number of rotatable bonds is 5. The SMILES string of the molecule is CCS(=O)(=O)CC(C)Nc1ccc(Br)cc1C#N. The summed E-state index contributed by atoms with van der Waals surface area (Å²) in [7, 11) is -3.02. The van der Waals surface area contributed by atoms with Gasteiger partial charge in [-0.05, 0) is 25.1 Å². The molecule has 0 saturated carbocycles. The Bertz CT molecular complexity index is 564. The fourth-order valence-corrected chi connectivity index (χ4v) is 2.98. The molecule has 1 aromatic carbocycles. The lowest BCUT2D eigenvalue weighted by atomic mass is 10.2. The van der Waals surface area contributed by atoms with Crippen molar-refractivity contribution in [2.45, 2.75) is 19.9 Å². The number of halogens is 1. The molecule has 0 aliphatic carbocycles. The topological polar surface area (TPSA) is 70.0 Å². The lowest BCUT2D eigenvalue weighted by Gasteiger charge is -2.16. The van der Waals surface area contributed by atoms with Gasteiger partial charge in [0.1, 0.15) is 6.07 Å². The molecule has 0 fully saturated rings. The Kier molecular flexibility index (Phi) is 5.17. The van der Waals surface area contributed by atoms with Crippen molar-refractivity contribution in [3.05, 3.63) is 28.2 Å². The predicted molar refractivity (Wildman–Crippen MR) is 76.3 cm³/mol. The van der Waals surface area contributed by atoms with Crippen LogP contribution in [0.5, 0.6) is 0 Å². The summed E-state index contributed by atoms with van der Waals surface area (Å²) in [6.45, 7) is 3.42. The molecule has 0 aliphatic heterocycles. The number of hydrogen-bond donors (Lipinski definition) is 1. The van der Waals surface area contributed by atoms with Gasteiger partial charge < -0.3 is 5.32 Å². The molecule has 0 aromatic heterocycles. The number of nitrogens with one attached hydrogen (secondary N) is 1. The lowest BCUT2D eigenvalue weighted by Crippen LogP contribution is -2.27. The second kappa shape index (κ2) is 6.21. The average molecular weight is 331 g/mol. The summed E-state index contributed by atoms with van der Waals surface area (Å²) in [6.07, 6.45) is 0. The highest BCUT2D eigenvalue weighted by Crippen LogP contribution is 2.21. The molecule has 18 heavy (non-hydrogen) atoms. The molecular weight excluding hydrogens is 316 g/mol. The van der Waals surface area contributed by atoms with Crippen molar-refractivity contribution < 1.29 is 8.42 Å². The van der Waals surface area contributed by atoms with Gasteiger partial charge in [-0.15, -0.1) is 0 Å². The Morgan fingerprint density at radius 1 is 1.50 bits per heavy atom. The number of hydrogen-bond acceptors (Lipinski definition) is 4. The van der Waals surface area contributed by atoms with Crippen molar-refractivity contribution in [1.82, 2.24) is 0 Å². The lowest BCUT2D eigenvalue weighted by molar-refractivity contribution is 0.593. The molecular formula is C12H15BrN2O2S. The van der Waals surface area contributed by atoms with Crippen LogP contribution >= 0.6 is 15.9 Å². The van der Waals surface area contributed by atoms with Crippen molar-refractivity contribution in [3.8, 4) is 6.07 Å². The van der Waals surface area contributed by atoms with E-state index in [2.05, 4.69) is 27.3 Å². The Morgan fingerprint density at radius 3 is 2.72 bits per heavy atom.